The van der Waals surface area contributed by atoms with Crippen LogP contribution in [0.15, 0.2) is 60.7 Å². The topological polar surface area (TPSA) is 91.0 Å². The summed E-state index contributed by atoms with van der Waals surface area (Å²) in [6, 6.07) is 18.5. The van der Waals surface area contributed by atoms with E-state index in [2.05, 4.69) is 34.9 Å². The van der Waals surface area contributed by atoms with Crippen LogP contribution in [0.2, 0.25) is 0 Å². The van der Waals surface area contributed by atoms with Crippen LogP contribution < -0.4 is 20.4 Å². The van der Waals surface area contributed by atoms with Crippen LogP contribution in [-0.4, -0.2) is 56.6 Å². The third-order valence-corrected chi connectivity index (χ3v) is 8.23. The fraction of sp³-hybridized carbons (Fsp3) is 0.406. The minimum absolute atomic E-state index is 0. The summed E-state index contributed by atoms with van der Waals surface area (Å²) in [6.45, 7) is 5.51. The number of para-hydroxylation sites is 2. The smallest absolute Gasteiger partial charge is 0.251 e. The van der Waals surface area contributed by atoms with Gasteiger partial charge in [-0.15, -0.1) is 12.4 Å². The molecule has 5 rings (SSSR count). The predicted octanol–water partition coefficient (Wildman–Crippen LogP) is 4.36. The number of fused-ring (bicyclic) bond motifs is 2. The first kappa shape index (κ1) is 30.5. The van der Waals surface area contributed by atoms with Crippen molar-refractivity contribution >= 4 is 52.3 Å². The molecule has 9 heteroatoms. The lowest BCUT2D eigenvalue weighted by Crippen LogP contribution is -2.55. The second-order valence-electron chi connectivity index (χ2n) is 10.8. The number of carbonyl (C=O) groups is 3. The zero-order valence-corrected chi connectivity index (χ0v) is 24.7. The maximum absolute atomic E-state index is 14.3. The molecule has 3 amide bonds. The van der Waals surface area contributed by atoms with Crippen molar-refractivity contribution in [3.8, 4) is 0 Å². The summed E-state index contributed by atoms with van der Waals surface area (Å²) >= 11 is 0. The van der Waals surface area contributed by atoms with Gasteiger partial charge in [-0.05, 0) is 73.7 Å². The molecule has 2 atom stereocenters. The van der Waals surface area contributed by atoms with E-state index in [1.165, 1.54) is 0 Å². The minimum atomic E-state index is -0.898. The molecule has 0 spiro atoms. The van der Waals surface area contributed by atoms with Crippen molar-refractivity contribution in [2.45, 2.75) is 51.7 Å². The Labute approximate surface area is 247 Å². The first-order chi connectivity index (χ1) is 19.4. The number of rotatable bonds is 7. The molecule has 0 saturated carbocycles. The number of amides is 3. The molecule has 2 aliphatic rings. The number of benzene rings is 3. The molecular weight excluding hydrogens is 540 g/mol. The van der Waals surface area contributed by atoms with E-state index < -0.39 is 12.1 Å². The molecule has 0 unspecified atom stereocenters. The summed E-state index contributed by atoms with van der Waals surface area (Å²) in [7, 11) is 1.70. The molecule has 2 heterocycles. The van der Waals surface area contributed by atoms with Gasteiger partial charge in [-0.2, -0.15) is 0 Å². The number of hydrogen-bond acceptors (Lipinski definition) is 5. The van der Waals surface area contributed by atoms with Gasteiger partial charge in [-0.3, -0.25) is 14.4 Å². The lowest BCUT2D eigenvalue weighted by Gasteiger charge is -2.28. The number of hydrogen-bond donors (Lipinski definition) is 2. The minimum Gasteiger partial charge on any atom is -0.381 e. The fourth-order valence-electron chi connectivity index (χ4n) is 5.64. The Bertz CT molecular complexity index is 1410. The maximum atomic E-state index is 14.3. The molecule has 2 N–H and O–H groups in total. The van der Waals surface area contributed by atoms with Gasteiger partial charge in [0.25, 0.3) is 5.91 Å². The van der Waals surface area contributed by atoms with Crippen molar-refractivity contribution < 1.29 is 19.1 Å². The average Bonchev–Trinajstić information content (AvgIpc) is 3.09. The monoisotopic (exact) mass is 578 g/mol. The quantitative estimate of drug-likeness (QED) is 0.435. The third kappa shape index (κ3) is 6.56. The molecule has 0 aromatic heterocycles. The average molecular weight is 579 g/mol. The molecular formula is C32H39ClN4O4. The Balaban J connectivity index is 0.00000387. The normalized spacial score (nSPS) is 18.3. The van der Waals surface area contributed by atoms with Gasteiger partial charge >= 0.3 is 0 Å². The number of likely N-dealkylation sites (N-methyl/N-ethyl adjacent to an activating group) is 1. The molecule has 41 heavy (non-hydrogen) atoms. The molecule has 218 valence electrons. The van der Waals surface area contributed by atoms with Gasteiger partial charge in [0, 0.05) is 19.6 Å². The van der Waals surface area contributed by atoms with E-state index in [9.17, 15) is 14.4 Å². The number of nitrogens with one attached hydrogen (secondary N) is 2. The van der Waals surface area contributed by atoms with Crippen molar-refractivity contribution in [2.24, 2.45) is 5.92 Å². The van der Waals surface area contributed by atoms with Crippen molar-refractivity contribution in [2.75, 3.05) is 36.6 Å². The number of halogens is 1. The van der Waals surface area contributed by atoms with Crippen molar-refractivity contribution in [1.29, 1.82) is 0 Å². The summed E-state index contributed by atoms with van der Waals surface area (Å²) in [4.78, 5) is 44.6. The lowest BCUT2D eigenvalue weighted by molar-refractivity contribution is -0.128. The fourth-order valence-corrected chi connectivity index (χ4v) is 5.64. The zero-order chi connectivity index (χ0) is 28.2. The number of anilines is 2. The lowest BCUT2D eigenvalue weighted by atomic mass is 9.95. The Kier molecular flexibility index (Phi) is 10.0. The Morgan fingerprint density at radius 3 is 2.41 bits per heavy atom. The van der Waals surface area contributed by atoms with Crippen LogP contribution in [-0.2, 0) is 25.7 Å². The first-order valence-electron chi connectivity index (χ1n) is 14.1. The number of nitrogens with zero attached hydrogens (tertiary/aromatic N) is 2. The largest absolute Gasteiger partial charge is 0.381 e. The van der Waals surface area contributed by atoms with Gasteiger partial charge in [0.2, 0.25) is 11.8 Å². The van der Waals surface area contributed by atoms with E-state index in [4.69, 9.17) is 4.74 Å². The van der Waals surface area contributed by atoms with Crippen LogP contribution in [0.4, 0.5) is 11.4 Å². The highest BCUT2D eigenvalue weighted by molar-refractivity contribution is 6.08. The molecule has 1 fully saturated rings. The van der Waals surface area contributed by atoms with E-state index in [0.717, 1.165) is 34.7 Å². The highest BCUT2D eigenvalue weighted by Gasteiger charge is 2.38. The van der Waals surface area contributed by atoms with Crippen LogP contribution in [0.5, 0.6) is 0 Å². The second-order valence-corrected chi connectivity index (χ2v) is 10.8. The first-order valence-corrected chi connectivity index (χ1v) is 14.1. The van der Waals surface area contributed by atoms with E-state index in [1.54, 1.807) is 23.8 Å². The zero-order valence-electron chi connectivity index (χ0n) is 23.9. The molecule has 3 aromatic carbocycles. The van der Waals surface area contributed by atoms with Crippen LogP contribution in [0.25, 0.3) is 10.8 Å². The molecule has 3 aromatic rings. The van der Waals surface area contributed by atoms with Gasteiger partial charge in [-0.1, -0.05) is 48.5 Å². The van der Waals surface area contributed by atoms with Crippen LogP contribution in [0.1, 0.15) is 37.3 Å². The molecule has 0 bridgehead atoms. The van der Waals surface area contributed by atoms with E-state index in [1.807, 2.05) is 43.3 Å². The summed E-state index contributed by atoms with van der Waals surface area (Å²) in [5.41, 5.74) is 3.46. The summed E-state index contributed by atoms with van der Waals surface area (Å²) in [6.07, 6.45) is 2.06. The van der Waals surface area contributed by atoms with Gasteiger partial charge in [0.05, 0.1) is 30.5 Å². The predicted molar refractivity (Wildman–Crippen MR) is 165 cm³/mol. The molecule has 2 aliphatic heterocycles. The number of carbonyl (C=O) groups excluding carboxylic acids is 3. The third-order valence-electron chi connectivity index (χ3n) is 8.23. The SMILES string of the molecule is CN[C@@H](C)C(=O)N[C@H]1CN(C(=O)CC2CCOCC2)c2ccccc2N(Cc2c(C)ccc3ccccc23)C1=O.Cl. The standard InChI is InChI=1S/C32H38N4O4.ClH/c1-21-12-13-24-8-4-5-9-25(24)26(21)19-36-29-11-7-6-10-28(29)35(30(37)18-23-14-16-40-17-15-23)20-27(32(36)39)34-31(38)22(2)33-3;/h4-13,22-23,27,33H,14-20H2,1-3H3,(H,34,38);1H/t22-,27-;/m0./s1. The Hall–Kier alpha value is -3.46. The Morgan fingerprint density at radius 1 is 1.00 bits per heavy atom. The van der Waals surface area contributed by atoms with Gasteiger partial charge in [0.1, 0.15) is 6.04 Å². The number of ether oxygens (including phenoxy) is 1. The van der Waals surface area contributed by atoms with Crippen molar-refractivity contribution in [3.05, 3.63) is 71.8 Å². The molecule has 0 radical (unpaired) electrons. The maximum Gasteiger partial charge on any atom is 0.251 e. The summed E-state index contributed by atoms with van der Waals surface area (Å²) in [5.74, 6) is -0.335. The van der Waals surface area contributed by atoms with Crippen LogP contribution in [0.3, 0.4) is 0 Å². The van der Waals surface area contributed by atoms with Gasteiger partial charge in [0.15, 0.2) is 0 Å². The van der Waals surface area contributed by atoms with Gasteiger partial charge in [-0.25, -0.2) is 0 Å². The highest BCUT2D eigenvalue weighted by Crippen LogP contribution is 2.36. The van der Waals surface area contributed by atoms with E-state index in [-0.39, 0.29) is 42.6 Å². The summed E-state index contributed by atoms with van der Waals surface area (Å²) < 4.78 is 5.49. The second kappa shape index (κ2) is 13.5. The molecule has 0 aliphatic carbocycles. The number of aryl methyl sites for hydroxylation is 1. The van der Waals surface area contributed by atoms with E-state index in [0.29, 0.717) is 37.6 Å². The van der Waals surface area contributed by atoms with E-state index >= 15 is 0 Å². The van der Waals surface area contributed by atoms with Gasteiger partial charge < -0.3 is 25.2 Å². The summed E-state index contributed by atoms with van der Waals surface area (Å²) in [5, 5.41) is 8.06. The van der Waals surface area contributed by atoms with Crippen LogP contribution >= 0.6 is 12.4 Å². The van der Waals surface area contributed by atoms with Crippen LogP contribution in [0, 0.1) is 12.8 Å². The highest BCUT2D eigenvalue weighted by atomic mass is 35.5. The molecule has 1 saturated heterocycles. The molecule has 8 nitrogen and oxygen atoms in total. The van der Waals surface area contributed by atoms with Crippen molar-refractivity contribution in [3.63, 3.8) is 0 Å². The van der Waals surface area contributed by atoms with Crippen molar-refractivity contribution in [1.82, 2.24) is 10.6 Å². The Morgan fingerprint density at radius 2 is 1.68 bits per heavy atom.